The van der Waals surface area contributed by atoms with Crippen molar-refractivity contribution in [3.8, 4) is 0 Å². The van der Waals surface area contributed by atoms with Crippen molar-refractivity contribution in [2.45, 2.75) is 39.2 Å². The number of aromatic nitrogens is 2. The molecule has 0 radical (unpaired) electrons. The van der Waals surface area contributed by atoms with Gasteiger partial charge in [-0.2, -0.15) is 0 Å². The predicted molar refractivity (Wildman–Crippen MR) is 56.6 cm³/mol. The Morgan fingerprint density at radius 1 is 1.50 bits per heavy atom. The van der Waals surface area contributed by atoms with Gasteiger partial charge in [0.25, 0.3) is 0 Å². The zero-order valence-corrected chi connectivity index (χ0v) is 8.88. The summed E-state index contributed by atoms with van der Waals surface area (Å²) >= 11 is 0. The molecule has 14 heavy (non-hydrogen) atoms. The number of anilines is 1. The summed E-state index contributed by atoms with van der Waals surface area (Å²) in [4.78, 5) is 4.71. The molecule has 1 aromatic rings. The van der Waals surface area contributed by atoms with E-state index in [1.54, 1.807) is 0 Å². The van der Waals surface area contributed by atoms with Crippen LogP contribution in [-0.4, -0.2) is 16.1 Å². The van der Waals surface area contributed by atoms with E-state index in [0.717, 1.165) is 30.9 Å². The predicted octanol–water partition coefficient (Wildman–Crippen LogP) is 2.13. The SMILES string of the molecule is Cc1c(C2CC2C)nc2n1CCCN2. The van der Waals surface area contributed by atoms with Crippen LogP contribution in [0.2, 0.25) is 0 Å². The van der Waals surface area contributed by atoms with Gasteiger partial charge in [0.15, 0.2) is 0 Å². The number of imidazole rings is 1. The van der Waals surface area contributed by atoms with E-state index in [-0.39, 0.29) is 0 Å². The van der Waals surface area contributed by atoms with Crippen molar-refractivity contribution in [2.75, 3.05) is 11.9 Å². The van der Waals surface area contributed by atoms with E-state index < -0.39 is 0 Å². The largest absolute Gasteiger partial charge is 0.356 e. The van der Waals surface area contributed by atoms with Gasteiger partial charge in [-0.15, -0.1) is 0 Å². The molecule has 1 fully saturated rings. The third kappa shape index (κ3) is 1.08. The first-order chi connectivity index (χ1) is 6.77. The van der Waals surface area contributed by atoms with Gasteiger partial charge in [0, 0.05) is 24.7 Å². The van der Waals surface area contributed by atoms with Crippen molar-refractivity contribution >= 4 is 5.95 Å². The highest BCUT2D eigenvalue weighted by Gasteiger charge is 2.38. The summed E-state index contributed by atoms with van der Waals surface area (Å²) in [5.74, 6) is 2.70. The van der Waals surface area contributed by atoms with Crippen LogP contribution in [0.15, 0.2) is 0 Å². The van der Waals surface area contributed by atoms with Gasteiger partial charge in [-0.25, -0.2) is 4.98 Å². The van der Waals surface area contributed by atoms with E-state index in [2.05, 4.69) is 23.7 Å². The maximum atomic E-state index is 4.71. The van der Waals surface area contributed by atoms with Crippen LogP contribution in [0.5, 0.6) is 0 Å². The molecule has 1 aliphatic heterocycles. The highest BCUT2D eigenvalue weighted by Crippen LogP contribution is 2.48. The van der Waals surface area contributed by atoms with E-state index in [1.807, 2.05) is 0 Å². The molecule has 0 amide bonds. The molecule has 2 heterocycles. The lowest BCUT2D eigenvalue weighted by molar-refractivity contribution is 0.614. The number of nitrogens with one attached hydrogen (secondary N) is 1. The number of hydrogen-bond donors (Lipinski definition) is 1. The molecule has 76 valence electrons. The van der Waals surface area contributed by atoms with E-state index in [0.29, 0.717) is 0 Å². The standard InChI is InChI=1S/C11H17N3/c1-7-6-9(7)10-8(2)14-5-3-4-12-11(14)13-10/h7,9H,3-6H2,1-2H3,(H,12,13). The number of hydrogen-bond acceptors (Lipinski definition) is 2. The number of rotatable bonds is 1. The van der Waals surface area contributed by atoms with Gasteiger partial charge in [-0.05, 0) is 25.7 Å². The molecule has 3 heteroatoms. The average Bonchev–Trinajstić information content (AvgIpc) is 2.82. The lowest BCUT2D eigenvalue weighted by Crippen LogP contribution is -2.17. The van der Waals surface area contributed by atoms with Crippen LogP contribution in [0.1, 0.15) is 37.1 Å². The summed E-state index contributed by atoms with van der Waals surface area (Å²) in [7, 11) is 0. The van der Waals surface area contributed by atoms with Gasteiger partial charge in [0.1, 0.15) is 0 Å². The van der Waals surface area contributed by atoms with Crippen LogP contribution < -0.4 is 5.32 Å². The Balaban J connectivity index is 2.01. The topological polar surface area (TPSA) is 29.9 Å². The Kier molecular flexibility index (Phi) is 1.64. The van der Waals surface area contributed by atoms with Crippen molar-refractivity contribution in [3.63, 3.8) is 0 Å². The molecule has 2 unspecified atom stereocenters. The van der Waals surface area contributed by atoms with Gasteiger partial charge < -0.3 is 9.88 Å². The van der Waals surface area contributed by atoms with Crippen LogP contribution in [0.3, 0.4) is 0 Å². The van der Waals surface area contributed by atoms with Gasteiger partial charge in [0.05, 0.1) is 5.69 Å². The van der Waals surface area contributed by atoms with Crippen molar-refractivity contribution < 1.29 is 0 Å². The molecule has 0 aromatic carbocycles. The second-order valence-corrected chi connectivity index (χ2v) is 4.66. The van der Waals surface area contributed by atoms with Crippen LogP contribution >= 0.6 is 0 Å². The molecular weight excluding hydrogens is 174 g/mol. The first kappa shape index (κ1) is 8.33. The van der Waals surface area contributed by atoms with E-state index in [1.165, 1.54) is 24.2 Å². The monoisotopic (exact) mass is 191 g/mol. The maximum Gasteiger partial charge on any atom is 0.203 e. The summed E-state index contributed by atoms with van der Waals surface area (Å²) in [6.07, 6.45) is 2.56. The minimum atomic E-state index is 0.745. The van der Waals surface area contributed by atoms with Crippen molar-refractivity contribution in [2.24, 2.45) is 5.92 Å². The molecule has 1 N–H and O–H groups in total. The first-order valence-electron chi connectivity index (χ1n) is 5.58. The summed E-state index contributed by atoms with van der Waals surface area (Å²) in [5, 5.41) is 3.37. The molecule has 2 aliphatic rings. The Bertz CT molecular complexity index is 367. The zero-order chi connectivity index (χ0) is 9.71. The van der Waals surface area contributed by atoms with Crippen LogP contribution in [0, 0.1) is 12.8 Å². The summed E-state index contributed by atoms with van der Waals surface area (Å²) in [6.45, 7) is 6.75. The normalized spacial score (nSPS) is 29.6. The van der Waals surface area contributed by atoms with Crippen molar-refractivity contribution in [1.82, 2.24) is 9.55 Å². The fourth-order valence-corrected chi connectivity index (χ4v) is 2.45. The summed E-state index contributed by atoms with van der Waals surface area (Å²) < 4.78 is 2.34. The third-order valence-corrected chi connectivity index (χ3v) is 3.56. The number of nitrogens with zero attached hydrogens (tertiary/aromatic N) is 2. The van der Waals surface area contributed by atoms with Gasteiger partial charge >= 0.3 is 0 Å². The summed E-state index contributed by atoms with van der Waals surface area (Å²) in [5.41, 5.74) is 2.74. The fraction of sp³-hybridized carbons (Fsp3) is 0.727. The molecule has 0 bridgehead atoms. The highest BCUT2D eigenvalue weighted by molar-refractivity contribution is 5.38. The highest BCUT2D eigenvalue weighted by atomic mass is 15.2. The van der Waals surface area contributed by atoms with E-state index in [9.17, 15) is 0 Å². The Morgan fingerprint density at radius 3 is 2.93 bits per heavy atom. The molecule has 1 aliphatic carbocycles. The lowest BCUT2D eigenvalue weighted by Gasteiger charge is -2.16. The average molecular weight is 191 g/mol. The molecule has 2 atom stereocenters. The van der Waals surface area contributed by atoms with Crippen molar-refractivity contribution in [3.05, 3.63) is 11.4 Å². The molecule has 0 spiro atoms. The fourth-order valence-electron chi connectivity index (χ4n) is 2.45. The van der Waals surface area contributed by atoms with E-state index >= 15 is 0 Å². The second-order valence-electron chi connectivity index (χ2n) is 4.66. The maximum absolute atomic E-state index is 4.71. The molecule has 1 aromatic heterocycles. The minimum absolute atomic E-state index is 0.745. The van der Waals surface area contributed by atoms with Crippen LogP contribution in [-0.2, 0) is 6.54 Å². The lowest BCUT2D eigenvalue weighted by atomic mass is 10.2. The van der Waals surface area contributed by atoms with E-state index in [4.69, 9.17) is 4.98 Å². The van der Waals surface area contributed by atoms with Crippen LogP contribution in [0.4, 0.5) is 5.95 Å². The molecular formula is C11H17N3. The molecule has 3 rings (SSSR count). The minimum Gasteiger partial charge on any atom is -0.356 e. The van der Waals surface area contributed by atoms with Gasteiger partial charge in [0.2, 0.25) is 5.95 Å². The van der Waals surface area contributed by atoms with Gasteiger partial charge in [-0.3, -0.25) is 0 Å². The third-order valence-electron chi connectivity index (χ3n) is 3.56. The Hall–Kier alpha value is -0.990. The van der Waals surface area contributed by atoms with Gasteiger partial charge in [-0.1, -0.05) is 6.92 Å². The van der Waals surface area contributed by atoms with Crippen LogP contribution in [0.25, 0.3) is 0 Å². The number of fused-ring (bicyclic) bond motifs is 1. The Labute approximate surface area is 84.5 Å². The van der Waals surface area contributed by atoms with Crippen molar-refractivity contribution in [1.29, 1.82) is 0 Å². The smallest absolute Gasteiger partial charge is 0.203 e. The first-order valence-corrected chi connectivity index (χ1v) is 5.58. The molecule has 1 saturated carbocycles. The molecule has 3 nitrogen and oxygen atoms in total. The Morgan fingerprint density at radius 2 is 2.29 bits per heavy atom. The summed E-state index contributed by atoms with van der Waals surface area (Å²) in [6, 6.07) is 0. The quantitative estimate of drug-likeness (QED) is 0.737. The molecule has 0 saturated heterocycles. The zero-order valence-electron chi connectivity index (χ0n) is 8.88. The second kappa shape index (κ2) is 2.75.